The zero-order valence-electron chi connectivity index (χ0n) is 14.8. The summed E-state index contributed by atoms with van der Waals surface area (Å²) < 4.78 is 0. The average Bonchev–Trinajstić information content (AvgIpc) is 2.48. The van der Waals surface area contributed by atoms with Crippen LogP contribution >= 0.6 is 0 Å². The Morgan fingerprint density at radius 3 is 2.00 bits per heavy atom. The van der Waals surface area contributed by atoms with E-state index in [4.69, 9.17) is 0 Å². The average molecular weight is 291 g/mol. The standard InChI is InChI=1S/C21H38/c1-17(2)7-5-4-6-8-19-11-15-21(16-12-19)20-13-9-18(3)10-14-20/h6,8,17-21H,4-5,7,9-16H2,1-3H3. The van der Waals surface area contributed by atoms with Crippen LogP contribution in [-0.4, -0.2) is 0 Å². The molecule has 0 aromatic heterocycles. The highest BCUT2D eigenvalue weighted by Crippen LogP contribution is 2.41. The summed E-state index contributed by atoms with van der Waals surface area (Å²) in [5.74, 6) is 4.93. The molecular weight excluding hydrogens is 252 g/mol. The van der Waals surface area contributed by atoms with Gasteiger partial charge in [-0.3, -0.25) is 0 Å². The van der Waals surface area contributed by atoms with Crippen molar-refractivity contribution < 1.29 is 0 Å². The predicted molar refractivity (Wildman–Crippen MR) is 94.4 cm³/mol. The smallest absolute Gasteiger partial charge is 0.0233 e. The van der Waals surface area contributed by atoms with E-state index in [2.05, 4.69) is 32.9 Å². The molecule has 0 heteroatoms. The molecule has 0 unspecified atom stereocenters. The first-order valence-electron chi connectivity index (χ1n) is 9.81. The minimum atomic E-state index is 0.868. The molecule has 0 radical (unpaired) electrons. The topological polar surface area (TPSA) is 0 Å². The van der Waals surface area contributed by atoms with Gasteiger partial charge >= 0.3 is 0 Å². The monoisotopic (exact) mass is 290 g/mol. The van der Waals surface area contributed by atoms with Gasteiger partial charge in [0.05, 0.1) is 0 Å². The first-order chi connectivity index (χ1) is 10.1. The van der Waals surface area contributed by atoms with Crippen molar-refractivity contribution in [2.45, 2.75) is 91.4 Å². The Bertz CT molecular complexity index is 285. The summed E-state index contributed by atoms with van der Waals surface area (Å²) in [4.78, 5) is 0. The van der Waals surface area contributed by atoms with Gasteiger partial charge in [0.25, 0.3) is 0 Å². The third-order valence-electron chi connectivity index (χ3n) is 6.10. The number of allylic oxidation sites excluding steroid dienone is 2. The highest BCUT2D eigenvalue weighted by Gasteiger charge is 2.29. The Kier molecular flexibility index (Phi) is 7.34. The Morgan fingerprint density at radius 1 is 0.857 bits per heavy atom. The maximum Gasteiger partial charge on any atom is -0.0233 e. The van der Waals surface area contributed by atoms with Gasteiger partial charge < -0.3 is 0 Å². The molecule has 0 aromatic rings. The molecular formula is C21H38. The van der Waals surface area contributed by atoms with Crippen molar-refractivity contribution in [2.24, 2.45) is 29.6 Å². The van der Waals surface area contributed by atoms with Crippen molar-refractivity contribution in [2.75, 3.05) is 0 Å². The van der Waals surface area contributed by atoms with Crippen molar-refractivity contribution in [3.63, 3.8) is 0 Å². The Morgan fingerprint density at radius 2 is 1.43 bits per heavy atom. The zero-order chi connectivity index (χ0) is 15.1. The first kappa shape index (κ1) is 17.1. The molecule has 0 spiro atoms. The molecule has 21 heavy (non-hydrogen) atoms. The lowest BCUT2D eigenvalue weighted by Gasteiger charge is -2.36. The number of hydrogen-bond donors (Lipinski definition) is 0. The number of rotatable bonds is 6. The molecule has 0 aliphatic heterocycles. The van der Waals surface area contributed by atoms with Crippen LogP contribution in [0.15, 0.2) is 12.2 Å². The molecule has 2 fully saturated rings. The Labute approximate surface area is 133 Å². The summed E-state index contributed by atoms with van der Waals surface area (Å²) in [6.07, 6.45) is 21.1. The van der Waals surface area contributed by atoms with Crippen LogP contribution in [0.1, 0.15) is 91.4 Å². The van der Waals surface area contributed by atoms with Crippen LogP contribution in [0.4, 0.5) is 0 Å². The van der Waals surface area contributed by atoms with E-state index < -0.39 is 0 Å². The van der Waals surface area contributed by atoms with Gasteiger partial charge in [-0.2, -0.15) is 0 Å². The summed E-state index contributed by atoms with van der Waals surface area (Å²) in [7, 11) is 0. The lowest BCUT2D eigenvalue weighted by Crippen LogP contribution is -2.24. The molecule has 2 saturated carbocycles. The lowest BCUT2D eigenvalue weighted by molar-refractivity contribution is 0.160. The van der Waals surface area contributed by atoms with Crippen molar-refractivity contribution in [1.29, 1.82) is 0 Å². The van der Waals surface area contributed by atoms with Crippen LogP contribution < -0.4 is 0 Å². The lowest BCUT2D eigenvalue weighted by atomic mass is 9.69. The third-order valence-corrected chi connectivity index (χ3v) is 6.10. The zero-order valence-corrected chi connectivity index (χ0v) is 14.8. The summed E-state index contributed by atoms with van der Waals surface area (Å²) in [5, 5.41) is 0. The normalized spacial score (nSPS) is 34.7. The van der Waals surface area contributed by atoms with Gasteiger partial charge in [-0.05, 0) is 81.0 Å². The van der Waals surface area contributed by atoms with Crippen molar-refractivity contribution in [3.8, 4) is 0 Å². The fourth-order valence-electron chi connectivity index (χ4n) is 4.50. The fourth-order valence-corrected chi connectivity index (χ4v) is 4.50. The van der Waals surface area contributed by atoms with E-state index in [1.807, 2.05) is 0 Å². The quantitative estimate of drug-likeness (QED) is 0.365. The summed E-state index contributed by atoms with van der Waals surface area (Å²) in [6.45, 7) is 7.10. The maximum absolute atomic E-state index is 2.56. The van der Waals surface area contributed by atoms with E-state index in [1.165, 1.54) is 70.6 Å². The largest absolute Gasteiger partial charge is 0.0883 e. The van der Waals surface area contributed by atoms with Crippen LogP contribution in [-0.2, 0) is 0 Å². The molecule has 0 bridgehead atoms. The third kappa shape index (κ3) is 6.17. The molecule has 0 saturated heterocycles. The molecule has 0 nitrogen and oxygen atoms in total. The second-order valence-electron chi connectivity index (χ2n) is 8.45. The Hall–Kier alpha value is -0.260. The molecule has 2 aliphatic rings. The molecule has 2 rings (SSSR count). The van der Waals surface area contributed by atoms with Crippen molar-refractivity contribution >= 4 is 0 Å². The summed E-state index contributed by atoms with van der Waals surface area (Å²) >= 11 is 0. The fraction of sp³-hybridized carbons (Fsp3) is 0.905. The van der Waals surface area contributed by atoms with E-state index in [0.717, 1.165) is 29.6 Å². The molecule has 0 amide bonds. The van der Waals surface area contributed by atoms with Crippen LogP contribution in [0.5, 0.6) is 0 Å². The summed E-state index contributed by atoms with van der Waals surface area (Å²) in [6, 6.07) is 0. The molecule has 122 valence electrons. The van der Waals surface area contributed by atoms with Crippen LogP contribution in [0.2, 0.25) is 0 Å². The van der Waals surface area contributed by atoms with Gasteiger partial charge in [0, 0.05) is 0 Å². The highest BCUT2D eigenvalue weighted by molar-refractivity contribution is 4.92. The van der Waals surface area contributed by atoms with Crippen LogP contribution in [0.25, 0.3) is 0 Å². The van der Waals surface area contributed by atoms with Gasteiger partial charge in [-0.15, -0.1) is 0 Å². The van der Waals surface area contributed by atoms with E-state index in [-0.39, 0.29) is 0 Å². The van der Waals surface area contributed by atoms with E-state index in [0.29, 0.717) is 0 Å². The van der Waals surface area contributed by atoms with Crippen molar-refractivity contribution in [1.82, 2.24) is 0 Å². The van der Waals surface area contributed by atoms with Crippen LogP contribution in [0.3, 0.4) is 0 Å². The molecule has 0 aromatic carbocycles. The molecule has 0 atom stereocenters. The minimum Gasteiger partial charge on any atom is -0.0883 e. The van der Waals surface area contributed by atoms with E-state index in [1.54, 1.807) is 0 Å². The van der Waals surface area contributed by atoms with E-state index in [9.17, 15) is 0 Å². The maximum atomic E-state index is 2.56. The van der Waals surface area contributed by atoms with Gasteiger partial charge in [0.2, 0.25) is 0 Å². The molecule has 0 heterocycles. The van der Waals surface area contributed by atoms with Crippen LogP contribution in [0, 0.1) is 29.6 Å². The molecule has 2 aliphatic carbocycles. The SMILES string of the molecule is CC(C)CCCC=CC1CCC(C2CCC(C)CC2)CC1. The Balaban J connectivity index is 1.60. The van der Waals surface area contributed by atoms with E-state index >= 15 is 0 Å². The van der Waals surface area contributed by atoms with Gasteiger partial charge in [0.1, 0.15) is 0 Å². The number of unbranched alkanes of at least 4 members (excludes halogenated alkanes) is 1. The predicted octanol–water partition coefficient (Wildman–Crippen LogP) is 7.00. The highest BCUT2D eigenvalue weighted by atomic mass is 14.3. The second kappa shape index (κ2) is 9.01. The first-order valence-corrected chi connectivity index (χ1v) is 9.81. The van der Waals surface area contributed by atoms with Gasteiger partial charge in [0.15, 0.2) is 0 Å². The van der Waals surface area contributed by atoms with Gasteiger partial charge in [-0.1, -0.05) is 52.2 Å². The summed E-state index contributed by atoms with van der Waals surface area (Å²) in [5.41, 5.74) is 0. The molecule has 0 N–H and O–H groups in total. The second-order valence-corrected chi connectivity index (χ2v) is 8.45. The van der Waals surface area contributed by atoms with Gasteiger partial charge in [-0.25, -0.2) is 0 Å². The minimum absolute atomic E-state index is 0.868. The number of hydrogen-bond acceptors (Lipinski definition) is 0. The van der Waals surface area contributed by atoms with Crippen molar-refractivity contribution in [3.05, 3.63) is 12.2 Å².